The van der Waals surface area contributed by atoms with Crippen LogP contribution in [0.3, 0.4) is 0 Å². The van der Waals surface area contributed by atoms with Crippen molar-refractivity contribution in [1.82, 2.24) is 4.57 Å². The molecule has 3 rings (SSSR count). The van der Waals surface area contributed by atoms with Gasteiger partial charge >= 0.3 is 0 Å². The average Bonchev–Trinajstić information content (AvgIpc) is 2.95. The van der Waals surface area contributed by atoms with Crippen molar-refractivity contribution in [3.8, 4) is 28.5 Å². The van der Waals surface area contributed by atoms with E-state index in [0.717, 1.165) is 22.4 Å². The van der Waals surface area contributed by atoms with Crippen molar-refractivity contribution in [3.63, 3.8) is 0 Å². The van der Waals surface area contributed by atoms with Crippen LogP contribution in [0.2, 0.25) is 0 Å². The summed E-state index contributed by atoms with van der Waals surface area (Å²) in [5, 5.41) is 9.91. The number of aromatic nitrogens is 1. The molecular weight excluding hydrogens is 322 g/mol. The minimum atomic E-state index is 0.540. The van der Waals surface area contributed by atoms with Gasteiger partial charge < -0.3 is 9.30 Å². The van der Waals surface area contributed by atoms with Crippen LogP contribution in [0.4, 0.5) is 5.82 Å². The lowest BCUT2D eigenvalue weighted by Crippen LogP contribution is -1.99. The molecule has 0 saturated heterocycles. The molecule has 4 heteroatoms. The van der Waals surface area contributed by atoms with Gasteiger partial charge in [0.15, 0.2) is 11.7 Å². The molecule has 0 radical (unpaired) electrons. The van der Waals surface area contributed by atoms with Crippen molar-refractivity contribution < 1.29 is 4.74 Å². The molecule has 0 atom stereocenters. The van der Waals surface area contributed by atoms with E-state index in [4.69, 9.17) is 4.74 Å². The standard InChI is InChI=1S/C22H21N3O/c1-4-26-16(2)24-22-19(15-23)20(17-11-7-5-8-12-17)21(25(22)3)18-13-9-6-10-14-18/h5-14H,4H2,1-3H3/b24-16+. The average molecular weight is 343 g/mol. The SMILES string of the molecule is CCO/C(C)=N/c1c(C#N)c(-c2ccccc2)c(-c2ccccc2)n1C. The van der Waals surface area contributed by atoms with Gasteiger partial charge in [0.05, 0.1) is 12.3 Å². The number of benzene rings is 2. The molecule has 0 amide bonds. The lowest BCUT2D eigenvalue weighted by atomic mass is 9.98. The van der Waals surface area contributed by atoms with E-state index in [1.54, 1.807) is 0 Å². The number of ether oxygens (including phenoxy) is 1. The normalized spacial score (nSPS) is 11.2. The van der Waals surface area contributed by atoms with E-state index in [1.807, 2.05) is 86.1 Å². The van der Waals surface area contributed by atoms with E-state index in [-0.39, 0.29) is 0 Å². The first-order valence-electron chi connectivity index (χ1n) is 8.59. The molecule has 0 bridgehead atoms. The monoisotopic (exact) mass is 343 g/mol. The van der Waals surface area contributed by atoms with E-state index in [0.29, 0.717) is 23.9 Å². The van der Waals surface area contributed by atoms with Gasteiger partial charge in [-0.25, -0.2) is 0 Å². The molecule has 2 aromatic carbocycles. The summed E-state index contributed by atoms with van der Waals surface area (Å²) in [6.07, 6.45) is 0. The summed E-state index contributed by atoms with van der Waals surface area (Å²) in [6.45, 7) is 4.26. The minimum absolute atomic E-state index is 0.540. The summed E-state index contributed by atoms with van der Waals surface area (Å²) in [4.78, 5) is 4.59. The minimum Gasteiger partial charge on any atom is -0.481 e. The summed E-state index contributed by atoms with van der Waals surface area (Å²) in [6, 6.07) is 22.4. The predicted octanol–water partition coefficient (Wildman–Crippen LogP) is 5.32. The van der Waals surface area contributed by atoms with Crippen molar-refractivity contribution in [2.75, 3.05) is 6.61 Å². The van der Waals surface area contributed by atoms with E-state index in [2.05, 4.69) is 11.1 Å². The van der Waals surface area contributed by atoms with Crippen LogP contribution in [0.25, 0.3) is 22.4 Å². The lowest BCUT2D eigenvalue weighted by Gasteiger charge is -2.09. The van der Waals surface area contributed by atoms with E-state index < -0.39 is 0 Å². The number of hydrogen-bond donors (Lipinski definition) is 0. The Labute approximate surface area is 154 Å². The second-order valence-corrected chi connectivity index (χ2v) is 5.89. The molecule has 4 nitrogen and oxygen atoms in total. The first-order chi connectivity index (χ1) is 12.7. The number of aliphatic imine (C=N–C) groups is 1. The molecule has 1 aromatic heterocycles. The number of nitriles is 1. The highest BCUT2D eigenvalue weighted by Crippen LogP contribution is 2.41. The Morgan fingerprint density at radius 1 is 1.04 bits per heavy atom. The molecule has 130 valence electrons. The summed E-state index contributed by atoms with van der Waals surface area (Å²) in [5.41, 5.74) is 4.45. The van der Waals surface area contributed by atoms with Crippen molar-refractivity contribution in [2.24, 2.45) is 12.0 Å². The van der Waals surface area contributed by atoms with Crippen LogP contribution in [-0.2, 0) is 11.8 Å². The van der Waals surface area contributed by atoms with Crippen LogP contribution in [-0.4, -0.2) is 17.1 Å². The molecule has 0 aliphatic rings. The fourth-order valence-corrected chi connectivity index (χ4v) is 3.12. The summed E-state index contributed by atoms with van der Waals surface area (Å²) in [5.74, 6) is 1.15. The van der Waals surface area contributed by atoms with Gasteiger partial charge in [-0.1, -0.05) is 60.7 Å². The van der Waals surface area contributed by atoms with Gasteiger partial charge in [0.25, 0.3) is 0 Å². The maximum atomic E-state index is 9.91. The molecule has 0 fully saturated rings. The molecule has 3 aromatic rings. The predicted molar refractivity (Wildman–Crippen MR) is 105 cm³/mol. The quantitative estimate of drug-likeness (QED) is 0.476. The topological polar surface area (TPSA) is 50.3 Å². The maximum absolute atomic E-state index is 9.91. The molecule has 1 heterocycles. The fraction of sp³-hybridized carbons (Fsp3) is 0.182. The smallest absolute Gasteiger partial charge is 0.186 e. The molecule has 0 N–H and O–H groups in total. The largest absolute Gasteiger partial charge is 0.481 e. The highest BCUT2D eigenvalue weighted by Gasteiger charge is 2.23. The summed E-state index contributed by atoms with van der Waals surface area (Å²) in [7, 11) is 1.94. The van der Waals surface area contributed by atoms with Gasteiger partial charge in [0.2, 0.25) is 0 Å². The van der Waals surface area contributed by atoms with Crippen LogP contribution in [0.15, 0.2) is 65.7 Å². The second kappa shape index (κ2) is 7.71. The number of nitrogens with zero attached hydrogens (tertiary/aromatic N) is 3. The Morgan fingerprint density at radius 3 is 2.15 bits per heavy atom. The van der Waals surface area contributed by atoms with Gasteiger partial charge in [0, 0.05) is 19.5 Å². The first kappa shape index (κ1) is 17.5. The van der Waals surface area contributed by atoms with E-state index >= 15 is 0 Å². The maximum Gasteiger partial charge on any atom is 0.186 e. The third kappa shape index (κ3) is 3.25. The summed E-state index contributed by atoms with van der Waals surface area (Å²) >= 11 is 0. The zero-order valence-electron chi connectivity index (χ0n) is 15.2. The number of rotatable bonds is 4. The molecule has 0 saturated carbocycles. The van der Waals surface area contributed by atoms with Gasteiger partial charge in [-0.3, -0.25) is 0 Å². The Bertz CT molecular complexity index is 964. The van der Waals surface area contributed by atoms with Crippen LogP contribution in [0.1, 0.15) is 19.4 Å². The van der Waals surface area contributed by atoms with Crippen molar-refractivity contribution >= 4 is 11.7 Å². The first-order valence-corrected chi connectivity index (χ1v) is 8.59. The van der Waals surface area contributed by atoms with Gasteiger partial charge in [-0.05, 0) is 18.1 Å². The molecule has 26 heavy (non-hydrogen) atoms. The van der Waals surface area contributed by atoms with Crippen LogP contribution in [0.5, 0.6) is 0 Å². The fourth-order valence-electron chi connectivity index (χ4n) is 3.12. The number of hydrogen-bond acceptors (Lipinski definition) is 3. The third-order valence-corrected chi connectivity index (χ3v) is 4.20. The zero-order chi connectivity index (χ0) is 18.5. The van der Waals surface area contributed by atoms with Gasteiger partial charge in [0.1, 0.15) is 11.6 Å². The van der Waals surface area contributed by atoms with Crippen molar-refractivity contribution in [3.05, 3.63) is 66.2 Å². The molecule has 0 aliphatic heterocycles. The van der Waals surface area contributed by atoms with Gasteiger partial charge in [-0.15, -0.1) is 0 Å². The van der Waals surface area contributed by atoms with Crippen molar-refractivity contribution in [1.29, 1.82) is 5.26 Å². The van der Waals surface area contributed by atoms with Crippen molar-refractivity contribution in [2.45, 2.75) is 13.8 Å². The highest BCUT2D eigenvalue weighted by molar-refractivity contribution is 5.91. The molecule has 0 unspecified atom stereocenters. The Kier molecular flexibility index (Phi) is 5.19. The van der Waals surface area contributed by atoms with E-state index in [1.165, 1.54) is 0 Å². The van der Waals surface area contributed by atoms with Gasteiger partial charge in [-0.2, -0.15) is 10.3 Å². The zero-order valence-corrected chi connectivity index (χ0v) is 15.2. The Morgan fingerprint density at radius 2 is 1.62 bits per heavy atom. The molecule has 0 spiro atoms. The van der Waals surface area contributed by atoms with E-state index in [9.17, 15) is 5.26 Å². The van der Waals surface area contributed by atoms with Crippen LogP contribution in [0, 0.1) is 11.3 Å². The summed E-state index contributed by atoms with van der Waals surface area (Å²) < 4.78 is 7.46. The lowest BCUT2D eigenvalue weighted by molar-refractivity contribution is 0.324. The highest BCUT2D eigenvalue weighted by atomic mass is 16.5. The van der Waals surface area contributed by atoms with Crippen LogP contribution < -0.4 is 0 Å². The van der Waals surface area contributed by atoms with Crippen LogP contribution >= 0.6 is 0 Å². The molecular formula is C22H21N3O. The second-order valence-electron chi connectivity index (χ2n) is 5.89. The Hall–Kier alpha value is -3.32. The Balaban J connectivity index is 2.34. The third-order valence-electron chi connectivity index (χ3n) is 4.20. The molecule has 0 aliphatic carbocycles.